The number of hydrogen-bond acceptors (Lipinski definition) is 3. The van der Waals surface area contributed by atoms with Gasteiger partial charge in [-0.1, -0.05) is 12.1 Å². The van der Waals surface area contributed by atoms with Crippen molar-refractivity contribution >= 4 is 11.6 Å². The molecule has 0 spiro atoms. The minimum atomic E-state index is 0.0728. The Morgan fingerprint density at radius 1 is 1.24 bits per heavy atom. The van der Waals surface area contributed by atoms with Gasteiger partial charge in [0.05, 0.1) is 0 Å². The van der Waals surface area contributed by atoms with Crippen LogP contribution in [0, 0.1) is 0 Å². The van der Waals surface area contributed by atoms with Gasteiger partial charge in [0.15, 0.2) is 0 Å². The van der Waals surface area contributed by atoms with Crippen LogP contribution in [0.2, 0.25) is 0 Å². The minimum absolute atomic E-state index is 0.0728. The Labute approximate surface area is 103 Å². The van der Waals surface area contributed by atoms with E-state index in [9.17, 15) is 4.79 Å². The Balaban J connectivity index is 2.51. The third-order valence-electron chi connectivity index (χ3n) is 2.71. The highest BCUT2D eigenvalue weighted by atomic mass is 16.1. The molecular weight excluding hydrogens is 214 g/mol. The van der Waals surface area contributed by atoms with E-state index in [0.29, 0.717) is 6.42 Å². The summed E-state index contributed by atoms with van der Waals surface area (Å²) >= 11 is 0. The molecule has 0 fully saturated rings. The lowest BCUT2D eigenvalue weighted by atomic mass is 10.2. The van der Waals surface area contributed by atoms with Crippen molar-refractivity contribution in [1.82, 2.24) is 10.6 Å². The number of amides is 1. The Bertz CT molecular complexity index is 348. The molecule has 17 heavy (non-hydrogen) atoms. The molecular formula is C13H21N3O. The largest absolute Gasteiger partial charge is 0.374 e. The minimum Gasteiger partial charge on any atom is -0.374 e. The van der Waals surface area contributed by atoms with Crippen LogP contribution in [0.25, 0.3) is 0 Å². The normalized spacial score (nSPS) is 10.1. The van der Waals surface area contributed by atoms with Crippen molar-refractivity contribution in [3.63, 3.8) is 0 Å². The van der Waals surface area contributed by atoms with E-state index in [0.717, 1.165) is 18.8 Å². The molecule has 2 N–H and O–H groups in total. The van der Waals surface area contributed by atoms with Crippen molar-refractivity contribution in [3.05, 3.63) is 29.8 Å². The van der Waals surface area contributed by atoms with Crippen LogP contribution < -0.4 is 15.5 Å². The summed E-state index contributed by atoms with van der Waals surface area (Å²) in [5, 5.41) is 5.74. The van der Waals surface area contributed by atoms with Gasteiger partial charge in [-0.2, -0.15) is 0 Å². The molecule has 4 heteroatoms. The molecule has 1 aromatic rings. The van der Waals surface area contributed by atoms with Gasteiger partial charge < -0.3 is 15.5 Å². The Hall–Kier alpha value is -1.55. The van der Waals surface area contributed by atoms with Gasteiger partial charge in [-0.15, -0.1) is 0 Å². The molecule has 0 saturated carbocycles. The quantitative estimate of drug-likeness (QED) is 0.772. The molecule has 0 radical (unpaired) electrons. The molecule has 0 unspecified atom stereocenters. The number of carbonyl (C=O) groups excluding carboxylic acids is 1. The Morgan fingerprint density at radius 3 is 2.41 bits per heavy atom. The molecule has 4 nitrogen and oxygen atoms in total. The number of hydrogen-bond donors (Lipinski definition) is 2. The summed E-state index contributed by atoms with van der Waals surface area (Å²) < 4.78 is 0. The van der Waals surface area contributed by atoms with Crippen LogP contribution in [0.3, 0.4) is 0 Å². The predicted octanol–water partition coefficient (Wildman–Crippen LogP) is 0.978. The van der Waals surface area contributed by atoms with Gasteiger partial charge in [-0.25, -0.2) is 0 Å². The van der Waals surface area contributed by atoms with Gasteiger partial charge in [0, 0.05) is 39.3 Å². The van der Waals surface area contributed by atoms with Gasteiger partial charge >= 0.3 is 0 Å². The fourth-order valence-corrected chi connectivity index (χ4v) is 1.60. The molecule has 94 valence electrons. The van der Waals surface area contributed by atoms with E-state index in [1.165, 1.54) is 5.56 Å². The predicted molar refractivity (Wildman–Crippen MR) is 71.2 cm³/mol. The maximum absolute atomic E-state index is 11.1. The second-order valence-corrected chi connectivity index (χ2v) is 4.04. The van der Waals surface area contributed by atoms with Crippen LogP contribution in [-0.4, -0.2) is 33.6 Å². The smallest absolute Gasteiger partial charge is 0.221 e. The molecule has 0 bridgehead atoms. The third-order valence-corrected chi connectivity index (χ3v) is 2.71. The van der Waals surface area contributed by atoms with Crippen LogP contribution in [0.1, 0.15) is 12.0 Å². The summed E-state index contributed by atoms with van der Waals surface area (Å²) in [6, 6.07) is 8.36. The van der Waals surface area contributed by atoms with Gasteiger partial charge in [-0.05, 0) is 24.7 Å². The van der Waals surface area contributed by atoms with Gasteiger partial charge in [0.2, 0.25) is 5.91 Å². The molecule has 0 aliphatic carbocycles. The van der Waals surface area contributed by atoms with E-state index < -0.39 is 0 Å². The van der Waals surface area contributed by atoms with Crippen molar-refractivity contribution in [2.24, 2.45) is 0 Å². The maximum atomic E-state index is 11.1. The molecule has 0 atom stereocenters. The van der Waals surface area contributed by atoms with E-state index in [4.69, 9.17) is 0 Å². The maximum Gasteiger partial charge on any atom is 0.221 e. The SMILES string of the molecule is CNCc1ccc(N(C)CCC(=O)NC)cc1. The summed E-state index contributed by atoms with van der Waals surface area (Å²) in [7, 11) is 5.59. The lowest BCUT2D eigenvalue weighted by Crippen LogP contribution is -2.26. The van der Waals surface area contributed by atoms with E-state index >= 15 is 0 Å². The first-order chi connectivity index (χ1) is 8.17. The van der Waals surface area contributed by atoms with E-state index in [2.05, 4.69) is 39.8 Å². The monoisotopic (exact) mass is 235 g/mol. The number of benzene rings is 1. The standard InChI is InChI=1S/C13H21N3O/c1-14-10-11-4-6-12(7-5-11)16(3)9-8-13(17)15-2/h4-7,14H,8-10H2,1-3H3,(H,15,17). The average molecular weight is 235 g/mol. The van der Waals surface area contributed by atoms with Crippen molar-refractivity contribution < 1.29 is 4.79 Å². The average Bonchev–Trinajstić information content (AvgIpc) is 2.36. The molecule has 1 amide bonds. The first kappa shape index (κ1) is 13.5. The zero-order valence-corrected chi connectivity index (χ0v) is 10.8. The van der Waals surface area contributed by atoms with Crippen LogP contribution in [-0.2, 0) is 11.3 Å². The highest BCUT2D eigenvalue weighted by Gasteiger charge is 2.03. The lowest BCUT2D eigenvalue weighted by Gasteiger charge is -2.19. The second-order valence-electron chi connectivity index (χ2n) is 4.04. The highest BCUT2D eigenvalue weighted by molar-refractivity contribution is 5.76. The van der Waals surface area contributed by atoms with Gasteiger partial charge in [0.25, 0.3) is 0 Å². The summed E-state index contributed by atoms with van der Waals surface area (Å²) in [5.74, 6) is 0.0728. The van der Waals surface area contributed by atoms with Crippen LogP contribution in [0.4, 0.5) is 5.69 Å². The fourth-order valence-electron chi connectivity index (χ4n) is 1.60. The number of anilines is 1. The van der Waals surface area contributed by atoms with Gasteiger partial charge in [-0.3, -0.25) is 4.79 Å². The summed E-state index contributed by atoms with van der Waals surface area (Å²) in [4.78, 5) is 13.2. The molecule has 0 heterocycles. The lowest BCUT2D eigenvalue weighted by molar-refractivity contribution is -0.120. The number of nitrogens with zero attached hydrogens (tertiary/aromatic N) is 1. The van der Waals surface area contributed by atoms with Crippen molar-refractivity contribution in [2.75, 3.05) is 32.6 Å². The molecule has 0 saturated heterocycles. The molecule has 0 aliphatic heterocycles. The number of rotatable bonds is 6. The zero-order valence-electron chi connectivity index (χ0n) is 10.8. The molecule has 0 aliphatic rings. The van der Waals surface area contributed by atoms with Crippen LogP contribution in [0.15, 0.2) is 24.3 Å². The van der Waals surface area contributed by atoms with E-state index in [1.807, 2.05) is 14.1 Å². The first-order valence-electron chi connectivity index (χ1n) is 5.82. The van der Waals surface area contributed by atoms with E-state index in [1.54, 1.807) is 7.05 Å². The van der Waals surface area contributed by atoms with Crippen molar-refractivity contribution in [1.29, 1.82) is 0 Å². The summed E-state index contributed by atoms with van der Waals surface area (Å²) in [6.45, 7) is 1.60. The fraction of sp³-hybridized carbons (Fsp3) is 0.462. The summed E-state index contributed by atoms with van der Waals surface area (Å²) in [6.07, 6.45) is 0.519. The number of carbonyl (C=O) groups is 1. The number of nitrogens with one attached hydrogen (secondary N) is 2. The summed E-state index contributed by atoms with van der Waals surface area (Å²) in [5.41, 5.74) is 2.39. The Morgan fingerprint density at radius 2 is 1.88 bits per heavy atom. The van der Waals surface area contributed by atoms with Crippen molar-refractivity contribution in [3.8, 4) is 0 Å². The third kappa shape index (κ3) is 4.44. The zero-order chi connectivity index (χ0) is 12.7. The molecule has 1 aromatic carbocycles. The van der Waals surface area contributed by atoms with Crippen LogP contribution >= 0.6 is 0 Å². The van der Waals surface area contributed by atoms with E-state index in [-0.39, 0.29) is 5.91 Å². The topological polar surface area (TPSA) is 44.4 Å². The van der Waals surface area contributed by atoms with Crippen LogP contribution in [0.5, 0.6) is 0 Å². The Kier molecular flexibility index (Phi) is 5.49. The molecule has 1 rings (SSSR count). The first-order valence-corrected chi connectivity index (χ1v) is 5.82. The highest BCUT2D eigenvalue weighted by Crippen LogP contribution is 2.13. The van der Waals surface area contributed by atoms with Crippen molar-refractivity contribution in [2.45, 2.75) is 13.0 Å². The molecule has 0 aromatic heterocycles. The second kappa shape index (κ2) is 6.91. The van der Waals surface area contributed by atoms with Gasteiger partial charge in [0.1, 0.15) is 0 Å².